The number of carbonyl (C=O) groups excluding carboxylic acids is 1. The first-order valence-corrected chi connectivity index (χ1v) is 9.88. The summed E-state index contributed by atoms with van der Waals surface area (Å²) in [7, 11) is 0. The molecule has 1 atom stereocenters. The van der Waals surface area contributed by atoms with Crippen LogP contribution in [0, 0.1) is 5.92 Å². The van der Waals surface area contributed by atoms with Gasteiger partial charge in [0.2, 0.25) is 5.91 Å². The highest BCUT2D eigenvalue weighted by Crippen LogP contribution is 2.24. The van der Waals surface area contributed by atoms with Gasteiger partial charge in [0.1, 0.15) is 0 Å². The number of hydrogen-bond donors (Lipinski definition) is 1. The molecule has 1 aliphatic rings. The van der Waals surface area contributed by atoms with E-state index in [1.54, 1.807) is 6.07 Å². The molecule has 1 N–H and O–H groups in total. The Hall–Kier alpha value is -1.71. The molecule has 0 saturated carbocycles. The fourth-order valence-corrected chi connectivity index (χ4v) is 3.69. The number of nitrogens with zero attached hydrogens (tertiary/aromatic N) is 1. The van der Waals surface area contributed by atoms with E-state index in [0.717, 1.165) is 44.5 Å². The second-order valence-corrected chi connectivity index (χ2v) is 7.66. The van der Waals surface area contributed by atoms with E-state index in [1.807, 2.05) is 18.2 Å². The summed E-state index contributed by atoms with van der Waals surface area (Å²) in [6.07, 6.45) is 3.30. The van der Waals surface area contributed by atoms with Crippen LogP contribution >= 0.6 is 23.2 Å². The third-order valence-electron chi connectivity index (χ3n) is 4.85. The van der Waals surface area contributed by atoms with Gasteiger partial charge in [0.05, 0.1) is 10.0 Å². The number of para-hydroxylation sites is 1. The lowest BCUT2D eigenvalue weighted by molar-refractivity contribution is -0.121. The molecular formula is C21H24Cl2N2O. The summed E-state index contributed by atoms with van der Waals surface area (Å²) < 4.78 is 0. The predicted octanol–water partition coefficient (Wildman–Crippen LogP) is 4.96. The van der Waals surface area contributed by atoms with Crippen molar-refractivity contribution in [1.82, 2.24) is 5.32 Å². The van der Waals surface area contributed by atoms with Crippen LogP contribution in [-0.2, 0) is 11.2 Å². The minimum Gasteiger partial charge on any atom is -0.371 e. The molecule has 5 heteroatoms. The number of rotatable bonds is 7. The van der Waals surface area contributed by atoms with E-state index < -0.39 is 0 Å². The van der Waals surface area contributed by atoms with Crippen molar-refractivity contribution in [1.29, 1.82) is 0 Å². The maximum absolute atomic E-state index is 12.1. The highest BCUT2D eigenvalue weighted by atomic mass is 35.5. The monoisotopic (exact) mass is 390 g/mol. The molecule has 0 aliphatic carbocycles. The first kappa shape index (κ1) is 19.1. The van der Waals surface area contributed by atoms with Crippen LogP contribution in [0.3, 0.4) is 0 Å². The van der Waals surface area contributed by atoms with Crippen LogP contribution in [-0.4, -0.2) is 25.5 Å². The number of benzene rings is 2. The van der Waals surface area contributed by atoms with Crippen molar-refractivity contribution >= 4 is 34.8 Å². The van der Waals surface area contributed by atoms with Crippen LogP contribution < -0.4 is 10.2 Å². The van der Waals surface area contributed by atoms with Gasteiger partial charge >= 0.3 is 0 Å². The topological polar surface area (TPSA) is 32.3 Å². The summed E-state index contributed by atoms with van der Waals surface area (Å²) in [5, 5.41) is 4.22. The lowest BCUT2D eigenvalue weighted by Gasteiger charge is -2.18. The van der Waals surface area contributed by atoms with E-state index in [4.69, 9.17) is 23.2 Å². The average Bonchev–Trinajstić information content (AvgIpc) is 3.13. The van der Waals surface area contributed by atoms with Crippen molar-refractivity contribution in [3.63, 3.8) is 0 Å². The Morgan fingerprint density at radius 1 is 1.12 bits per heavy atom. The van der Waals surface area contributed by atoms with Gasteiger partial charge in [-0.2, -0.15) is 0 Å². The van der Waals surface area contributed by atoms with Gasteiger partial charge in [-0.15, -0.1) is 0 Å². The largest absolute Gasteiger partial charge is 0.371 e. The molecule has 1 heterocycles. The summed E-state index contributed by atoms with van der Waals surface area (Å²) in [6, 6.07) is 16.1. The quantitative estimate of drug-likeness (QED) is 0.724. The van der Waals surface area contributed by atoms with Gasteiger partial charge in [0.25, 0.3) is 0 Å². The SMILES string of the molecule is O=C(CCCc1ccc(Cl)c(Cl)c1)NCC1CCN(c2ccccc2)C1. The molecule has 1 unspecified atom stereocenters. The molecule has 26 heavy (non-hydrogen) atoms. The molecule has 0 aromatic heterocycles. The van der Waals surface area contributed by atoms with Crippen LogP contribution in [0.2, 0.25) is 10.0 Å². The third kappa shape index (κ3) is 5.39. The highest BCUT2D eigenvalue weighted by Gasteiger charge is 2.22. The second kappa shape index (κ2) is 9.29. The maximum Gasteiger partial charge on any atom is 0.220 e. The Labute approximate surface area is 165 Å². The van der Waals surface area contributed by atoms with Crippen molar-refractivity contribution in [3.05, 3.63) is 64.1 Å². The molecule has 0 bridgehead atoms. The number of hydrogen-bond acceptors (Lipinski definition) is 2. The number of carbonyl (C=O) groups is 1. The van der Waals surface area contributed by atoms with Crippen molar-refractivity contribution < 1.29 is 4.79 Å². The standard InChI is InChI=1S/C21H24Cl2N2O/c22-19-10-9-16(13-20(19)23)5-4-8-21(26)24-14-17-11-12-25(15-17)18-6-2-1-3-7-18/h1-3,6-7,9-10,13,17H,4-5,8,11-12,14-15H2,(H,24,26). The molecule has 3 rings (SSSR count). The lowest BCUT2D eigenvalue weighted by Crippen LogP contribution is -2.30. The van der Waals surface area contributed by atoms with Gasteiger partial charge in [-0.1, -0.05) is 47.5 Å². The zero-order chi connectivity index (χ0) is 18.4. The number of halogens is 2. The van der Waals surface area contributed by atoms with Crippen LogP contribution in [0.1, 0.15) is 24.8 Å². The van der Waals surface area contributed by atoms with E-state index in [2.05, 4.69) is 34.5 Å². The van der Waals surface area contributed by atoms with Crippen molar-refractivity contribution in [2.24, 2.45) is 5.92 Å². The molecule has 3 nitrogen and oxygen atoms in total. The fourth-order valence-electron chi connectivity index (χ4n) is 3.37. The van der Waals surface area contributed by atoms with Crippen LogP contribution in [0.15, 0.2) is 48.5 Å². The molecule has 1 aliphatic heterocycles. The smallest absolute Gasteiger partial charge is 0.220 e. The fraction of sp³-hybridized carbons (Fsp3) is 0.381. The Morgan fingerprint density at radius 3 is 2.69 bits per heavy atom. The van der Waals surface area contributed by atoms with Gasteiger partial charge in [0, 0.05) is 31.7 Å². The second-order valence-electron chi connectivity index (χ2n) is 6.84. The van der Waals surface area contributed by atoms with E-state index in [0.29, 0.717) is 22.4 Å². The molecule has 1 fully saturated rings. The van der Waals surface area contributed by atoms with Gasteiger partial charge in [0.15, 0.2) is 0 Å². The van der Waals surface area contributed by atoms with Crippen LogP contribution in [0.4, 0.5) is 5.69 Å². The zero-order valence-corrected chi connectivity index (χ0v) is 16.3. The van der Waals surface area contributed by atoms with Crippen LogP contribution in [0.5, 0.6) is 0 Å². The maximum atomic E-state index is 12.1. The number of anilines is 1. The predicted molar refractivity (Wildman–Crippen MR) is 109 cm³/mol. The van der Waals surface area contributed by atoms with Crippen molar-refractivity contribution in [3.8, 4) is 0 Å². The normalized spacial score (nSPS) is 16.7. The van der Waals surface area contributed by atoms with E-state index in [9.17, 15) is 4.79 Å². The summed E-state index contributed by atoms with van der Waals surface area (Å²) >= 11 is 11.9. The third-order valence-corrected chi connectivity index (χ3v) is 5.59. The first-order valence-electron chi connectivity index (χ1n) is 9.12. The van der Waals surface area contributed by atoms with Crippen LogP contribution in [0.25, 0.3) is 0 Å². The molecule has 1 amide bonds. The summed E-state index contributed by atoms with van der Waals surface area (Å²) in [5.74, 6) is 0.650. The Morgan fingerprint density at radius 2 is 1.92 bits per heavy atom. The summed E-state index contributed by atoms with van der Waals surface area (Å²) in [4.78, 5) is 14.5. The Kier molecular flexibility index (Phi) is 6.81. The van der Waals surface area contributed by atoms with E-state index >= 15 is 0 Å². The first-order chi connectivity index (χ1) is 12.6. The molecule has 2 aromatic rings. The van der Waals surface area contributed by atoms with Gasteiger partial charge in [-0.3, -0.25) is 4.79 Å². The molecule has 2 aromatic carbocycles. The minimum atomic E-state index is 0.128. The summed E-state index contributed by atoms with van der Waals surface area (Å²) in [6.45, 7) is 2.82. The Balaban J connectivity index is 1.35. The van der Waals surface area contributed by atoms with E-state index in [1.165, 1.54) is 5.69 Å². The number of nitrogens with one attached hydrogen (secondary N) is 1. The molecular weight excluding hydrogens is 367 g/mol. The molecule has 1 saturated heterocycles. The molecule has 0 spiro atoms. The van der Waals surface area contributed by atoms with Gasteiger partial charge < -0.3 is 10.2 Å². The lowest BCUT2D eigenvalue weighted by atomic mass is 10.1. The Bertz CT molecular complexity index is 736. The zero-order valence-electron chi connectivity index (χ0n) is 14.8. The van der Waals surface area contributed by atoms with Crippen molar-refractivity contribution in [2.45, 2.75) is 25.7 Å². The molecule has 138 valence electrons. The van der Waals surface area contributed by atoms with Crippen molar-refractivity contribution in [2.75, 3.05) is 24.5 Å². The number of aryl methyl sites for hydroxylation is 1. The number of amides is 1. The average molecular weight is 391 g/mol. The molecule has 0 radical (unpaired) electrons. The van der Waals surface area contributed by atoms with E-state index in [-0.39, 0.29) is 5.91 Å². The highest BCUT2D eigenvalue weighted by molar-refractivity contribution is 6.42. The van der Waals surface area contributed by atoms with Gasteiger partial charge in [-0.25, -0.2) is 0 Å². The summed E-state index contributed by atoms with van der Waals surface area (Å²) in [5.41, 5.74) is 2.38. The minimum absolute atomic E-state index is 0.128. The van der Waals surface area contributed by atoms with Gasteiger partial charge in [-0.05, 0) is 55.0 Å².